The third kappa shape index (κ3) is 2.39. The van der Waals surface area contributed by atoms with Gasteiger partial charge < -0.3 is 4.98 Å². The zero-order valence-corrected chi connectivity index (χ0v) is 11.5. The number of hydrogen-bond acceptors (Lipinski definition) is 2. The highest BCUT2D eigenvalue weighted by atomic mass is 35.5. The van der Waals surface area contributed by atoms with Crippen LogP contribution < -0.4 is 0 Å². The molecule has 94 valence electrons. The lowest BCUT2D eigenvalue weighted by atomic mass is 10.2. The van der Waals surface area contributed by atoms with Crippen LogP contribution in [0.15, 0.2) is 58.5 Å². The van der Waals surface area contributed by atoms with Crippen LogP contribution in [-0.4, -0.2) is 11.3 Å². The minimum absolute atomic E-state index is 0.591. The highest BCUT2D eigenvalue weighted by Crippen LogP contribution is 2.36. The van der Waals surface area contributed by atoms with Crippen molar-refractivity contribution in [2.75, 3.05) is 0 Å². The number of para-hydroxylation sites is 1. The number of fused-ring (bicyclic) bond motifs is 1. The van der Waals surface area contributed by atoms with Crippen molar-refractivity contribution in [2.24, 2.45) is 0 Å². The minimum atomic E-state index is 0.591. The molecule has 0 aliphatic carbocycles. The first-order valence-corrected chi connectivity index (χ1v) is 6.96. The monoisotopic (exact) mass is 287 g/mol. The zero-order valence-electron chi connectivity index (χ0n) is 9.89. The number of carbonyl (C=O) groups is 1. The van der Waals surface area contributed by atoms with Gasteiger partial charge >= 0.3 is 0 Å². The predicted molar refractivity (Wildman–Crippen MR) is 79.3 cm³/mol. The number of rotatable bonds is 3. The normalized spacial score (nSPS) is 10.8. The van der Waals surface area contributed by atoms with Gasteiger partial charge in [-0.15, -0.1) is 0 Å². The summed E-state index contributed by atoms with van der Waals surface area (Å²) in [4.78, 5) is 15.2. The minimum Gasteiger partial charge on any atom is -0.349 e. The molecule has 0 radical (unpaired) electrons. The molecule has 1 heterocycles. The average Bonchev–Trinajstić information content (AvgIpc) is 2.83. The number of halogens is 1. The van der Waals surface area contributed by atoms with E-state index in [1.165, 1.54) is 11.8 Å². The maximum absolute atomic E-state index is 11.1. The van der Waals surface area contributed by atoms with Gasteiger partial charge in [0.05, 0.1) is 10.0 Å². The van der Waals surface area contributed by atoms with E-state index < -0.39 is 0 Å². The molecule has 0 bridgehead atoms. The highest BCUT2D eigenvalue weighted by Gasteiger charge is 2.10. The lowest BCUT2D eigenvalue weighted by Gasteiger charge is -2.04. The standard InChI is InChI=1S/C15H10ClNOS/c16-12-6-3-5-11(9-18)15(12)19-14-8-10-4-1-2-7-13(10)17-14/h1-9,17H. The van der Waals surface area contributed by atoms with E-state index in [9.17, 15) is 4.79 Å². The second-order valence-electron chi connectivity index (χ2n) is 4.10. The third-order valence-electron chi connectivity index (χ3n) is 2.84. The van der Waals surface area contributed by atoms with Gasteiger partial charge in [0.25, 0.3) is 0 Å². The Balaban J connectivity index is 2.03. The molecule has 0 amide bonds. The van der Waals surface area contributed by atoms with Crippen molar-refractivity contribution < 1.29 is 4.79 Å². The summed E-state index contributed by atoms with van der Waals surface area (Å²) in [5, 5.41) is 2.70. The number of H-pyrrole nitrogens is 1. The molecule has 0 aliphatic heterocycles. The van der Waals surface area contributed by atoms with Crippen LogP contribution >= 0.6 is 23.4 Å². The Morgan fingerprint density at radius 1 is 1.11 bits per heavy atom. The Morgan fingerprint density at radius 2 is 1.95 bits per heavy atom. The molecule has 0 spiro atoms. The fourth-order valence-electron chi connectivity index (χ4n) is 1.94. The fraction of sp³-hybridized carbons (Fsp3) is 0. The molecule has 2 aromatic carbocycles. The molecule has 0 fully saturated rings. The number of aldehydes is 1. The SMILES string of the molecule is O=Cc1cccc(Cl)c1Sc1cc2ccccc2[nH]1. The quantitative estimate of drug-likeness (QED) is 0.703. The van der Waals surface area contributed by atoms with Crippen LogP contribution in [0.3, 0.4) is 0 Å². The number of hydrogen-bond donors (Lipinski definition) is 1. The van der Waals surface area contributed by atoms with Gasteiger partial charge in [-0.1, -0.05) is 53.7 Å². The summed E-state index contributed by atoms with van der Waals surface area (Å²) >= 11 is 7.64. The molecule has 19 heavy (non-hydrogen) atoms. The Kier molecular flexibility index (Phi) is 3.32. The first kappa shape index (κ1) is 12.3. The zero-order chi connectivity index (χ0) is 13.2. The van der Waals surface area contributed by atoms with E-state index in [0.717, 1.165) is 27.1 Å². The van der Waals surface area contributed by atoms with Crippen LogP contribution in [0.5, 0.6) is 0 Å². The topological polar surface area (TPSA) is 32.9 Å². The summed E-state index contributed by atoms with van der Waals surface area (Å²) < 4.78 is 0. The van der Waals surface area contributed by atoms with Gasteiger partial charge in [0.1, 0.15) is 0 Å². The van der Waals surface area contributed by atoms with Gasteiger partial charge in [-0.3, -0.25) is 4.79 Å². The van der Waals surface area contributed by atoms with E-state index in [1.54, 1.807) is 18.2 Å². The molecular formula is C15H10ClNOS. The molecule has 0 atom stereocenters. The van der Waals surface area contributed by atoms with E-state index in [0.29, 0.717) is 10.6 Å². The Morgan fingerprint density at radius 3 is 2.74 bits per heavy atom. The molecule has 2 nitrogen and oxygen atoms in total. The first-order valence-electron chi connectivity index (χ1n) is 5.77. The van der Waals surface area contributed by atoms with Crippen LogP contribution in [0.4, 0.5) is 0 Å². The van der Waals surface area contributed by atoms with Crippen LogP contribution in [-0.2, 0) is 0 Å². The second kappa shape index (κ2) is 5.11. The lowest BCUT2D eigenvalue weighted by molar-refractivity contribution is 0.112. The van der Waals surface area contributed by atoms with Crippen LogP contribution in [0.1, 0.15) is 10.4 Å². The van der Waals surface area contributed by atoms with Crippen molar-refractivity contribution in [1.82, 2.24) is 4.98 Å². The molecule has 1 aromatic heterocycles. The second-order valence-corrected chi connectivity index (χ2v) is 5.56. The van der Waals surface area contributed by atoms with Gasteiger partial charge in [0, 0.05) is 21.4 Å². The van der Waals surface area contributed by atoms with Gasteiger partial charge in [-0.05, 0) is 18.2 Å². The Labute approximate surface area is 119 Å². The average molecular weight is 288 g/mol. The van der Waals surface area contributed by atoms with Crippen LogP contribution in [0, 0.1) is 0 Å². The molecule has 4 heteroatoms. The molecule has 3 aromatic rings. The summed E-state index contributed by atoms with van der Waals surface area (Å²) in [6.07, 6.45) is 0.830. The van der Waals surface area contributed by atoms with Crippen molar-refractivity contribution >= 4 is 40.6 Å². The maximum Gasteiger partial charge on any atom is 0.151 e. The smallest absolute Gasteiger partial charge is 0.151 e. The molecule has 0 saturated carbocycles. The summed E-state index contributed by atoms with van der Waals surface area (Å²) in [6.45, 7) is 0. The molecule has 0 aliphatic rings. The van der Waals surface area contributed by atoms with Crippen molar-refractivity contribution in [3.63, 3.8) is 0 Å². The Bertz CT molecular complexity index is 718. The number of aromatic amines is 1. The summed E-state index contributed by atoms with van der Waals surface area (Å²) in [7, 11) is 0. The number of benzene rings is 2. The van der Waals surface area contributed by atoms with Gasteiger partial charge in [-0.2, -0.15) is 0 Å². The molecular weight excluding hydrogens is 278 g/mol. The highest BCUT2D eigenvalue weighted by molar-refractivity contribution is 7.99. The Hall–Kier alpha value is -1.71. The van der Waals surface area contributed by atoms with E-state index in [-0.39, 0.29) is 0 Å². The van der Waals surface area contributed by atoms with Crippen molar-refractivity contribution in [3.05, 3.63) is 59.1 Å². The van der Waals surface area contributed by atoms with Gasteiger partial charge in [0.15, 0.2) is 6.29 Å². The number of nitrogens with one attached hydrogen (secondary N) is 1. The summed E-state index contributed by atoms with van der Waals surface area (Å²) in [5.41, 5.74) is 1.68. The van der Waals surface area contributed by atoms with Crippen LogP contribution in [0.2, 0.25) is 5.02 Å². The molecule has 1 N–H and O–H groups in total. The van der Waals surface area contributed by atoms with Gasteiger partial charge in [0.2, 0.25) is 0 Å². The first-order chi connectivity index (χ1) is 9.28. The van der Waals surface area contributed by atoms with E-state index in [1.807, 2.05) is 24.3 Å². The predicted octanol–water partition coefficient (Wildman–Crippen LogP) is 4.79. The van der Waals surface area contributed by atoms with Crippen molar-refractivity contribution in [3.8, 4) is 0 Å². The lowest BCUT2D eigenvalue weighted by Crippen LogP contribution is -1.86. The fourth-order valence-corrected chi connectivity index (χ4v) is 3.20. The third-order valence-corrected chi connectivity index (χ3v) is 4.37. The number of aromatic nitrogens is 1. The maximum atomic E-state index is 11.1. The number of carbonyl (C=O) groups excluding carboxylic acids is 1. The molecule has 0 saturated heterocycles. The van der Waals surface area contributed by atoms with Crippen LogP contribution in [0.25, 0.3) is 10.9 Å². The van der Waals surface area contributed by atoms with E-state index in [4.69, 9.17) is 11.6 Å². The largest absolute Gasteiger partial charge is 0.349 e. The van der Waals surface area contributed by atoms with Gasteiger partial charge in [-0.25, -0.2) is 0 Å². The summed E-state index contributed by atoms with van der Waals surface area (Å²) in [5.74, 6) is 0. The van der Waals surface area contributed by atoms with Crippen molar-refractivity contribution in [1.29, 1.82) is 0 Å². The summed E-state index contributed by atoms with van der Waals surface area (Å²) in [6, 6.07) is 15.4. The van der Waals surface area contributed by atoms with E-state index >= 15 is 0 Å². The molecule has 0 unspecified atom stereocenters. The molecule has 3 rings (SSSR count). The van der Waals surface area contributed by atoms with Crippen molar-refractivity contribution in [2.45, 2.75) is 9.92 Å². The van der Waals surface area contributed by atoms with E-state index in [2.05, 4.69) is 11.1 Å².